The van der Waals surface area contributed by atoms with Gasteiger partial charge in [0.05, 0.1) is 18.2 Å². The predicted octanol–water partition coefficient (Wildman–Crippen LogP) is 0.669. The van der Waals surface area contributed by atoms with Crippen LogP contribution in [0.4, 0.5) is 0 Å². The molecule has 0 saturated carbocycles. The van der Waals surface area contributed by atoms with Crippen molar-refractivity contribution in [2.45, 2.75) is 25.9 Å². The van der Waals surface area contributed by atoms with Gasteiger partial charge in [-0.2, -0.15) is 0 Å². The van der Waals surface area contributed by atoms with Gasteiger partial charge in [-0.15, -0.1) is 11.3 Å². The van der Waals surface area contributed by atoms with Crippen LogP contribution in [0.3, 0.4) is 0 Å². The number of nitrogens with zero attached hydrogens (tertiary/aromatic N) is 1. The third-order valence-corrected chi connectivity index (χ3v) is 4.05. The summed E-state index contributed by atoms with van der Waals surface area (Å²) in [5, 5.41) is 12.3. The van der Waals surface area contributed by atoms with E-state index < -0.39 is 5.97 Å². The van der Waals surface area contributed by atoms with Gasteiger partial charge in [0, 0.05) is 6.04 Å². The Hall–Kier alpha value is -1.73. The van der Waals surface area contributed by atoms with E-state index >= 15 is 0 Å². The summed E-state index contributed by atoms with van der Waals surface area (Å²) in [6.45, 7) is 1.89. The van der Waals surface area contributed by atoms with E-state index in [2.05, 4.69) is 10.3 Å². The molecule has 19 heavy (non-hydrogen) atoms. The van der Waals surface area contributed by atoms with Crippen molar-refractivity contribution < 1.29 is 14.7 Å². The van der Waals surface area contributed by atoms with Crippen LogP contribution >= 0.6 is 11.3 Å². The molecular weight excluding hydrogens is 266 g/mol. The van der Waals surface area contributed by atoms with Crippen molar-refractivity contribution in [3.05, 3.63) is 27.7 Å². The number of carboxylic acid groups (broad SMARTS) is 1. The van der Waals surface area contributed by atoms with Gasteiger partial charge in [-0.05, 0) is 13.3 Å². The van der Waals surface area contributed by atoms with Crippen LogP contribution in [0, 0.1) is 12.8 Å². The summed E-state index contributed by atoms with van der Waals surface area (Å²) in [5.41, 5.74) is 6.16. The highest BCUT2D eigenvalue weighted by Crippen LogP contribution is 2.19. The van der Waals surface area contributed by atoms with Crippen molar-refractivity contribution in [3.63, 3.8) is 0 Å². The number of carboxylic acids is 1. The Bertz CT molecular complexity index is 538. The van der Waals surface area contributed by atoms with Crippen LogP contribution in [-0.2, 0) is 11.3 Å². The molecular formula is C12H15N3O3S. The second-order valence-electron chi connectivity index (χ2n) is 4.44. The molecule has 1 aliphatic rings. The first-order valence-electron chi connectivity index (χ1n) is 5.88. The molecule has 0 saturated heterocycles. The Morgan fingerprint density at radius 2 is 2.32 bits per heavy atom. The van der Waals surface area contributed by atoms with Crippen LogP contribution in [-0.4, -0.2) is 28.0 Å². The summed E-state index contributed by atoms with van der Waals surface area (Å²) in [4.78, 5) is 27.1. The lowest BCUT2D eigenvalue weighted by Gasteiger charge is -2.09. The zero-order valence-electron chi connectivity index (χ0n) is 10.4. The molecule has 2 rings (SSSR count). The SMILES string of the molecule is Cc1nc(CNC(=O)C2C=CC(N)C2)sc1C(=O)O. The van der Waals surface area contributed by atoms with Gasteiger partial charge in [-0.3, -0.25) is 4.79 Å². The minimum absolute atomic E-state index is 0.0588. The van der Waals surface area contributed by atoms with Crippen molar-refractivity contribution in [1.29, 1.82) is 0 Å². The maximum absolute atomic E-state index is 11.8. The standard InChI is InChI=1S/C12H15N3O3S/c1-6-10(12(17)18)19-9(15-6)5-14-11(16)7-2-3-8(13)4-7/h2-3,7-8H,4-5,13H2,1H3,(H,14,16)(H,17,18). The average molecular weight is 281 g/mol. The van der Waals surface area contributed by atoms with E-state index in [0.29, 0.717) is 17.1 Å². The monoisotopic (exact) mass is 281 g/mol. The van der Waals surface area contributed by atoms with E-state index in [1.165, 1.54) is 0 Å². The molecule has 0 bridgehead atoms. The van der Waals surface area contributed by atoms with Gasteiger partial charge in [0.1, 0.15) is 9.88 Å². The summed E-state index contributed by atoms with van der Waals surface area (Å²) < 4.78 is 0. The lowest BCUT2D eigenvalue weighted by molar-refractivity contribution is -0.123. The van der Waals surface area contributed by atoms with Crippen LogP contribution < -0.4 is 11.1 Å². The number of hydrogen-bond acceptors (Lipinski definition) is 5. The lowest BCUT2D eigenvalue weighted by Crippen LogP contribution is -2.30. The number of thiazole rings is 1. The molecule has 1 amide bonds. The van der Waals surface area contributed by atoms with Crippen LogP contribution in [0.15, 0.2) is 12.2 Å². The lowest BCUT2D eigenvalue weighted by atomic mass is 10.1. The van der Waals surface area contributed by atoms with Crippen molar-refractivity contribution in [2.24, 2.45) is 11.7 Å². The van der Waals surface area contributed by atoms with Crippen molar-refractivity contribution >= 4 is 23.2 Å². The Labute approximate surface area is 114 Å². The summed E-state index contributed by atoms with van der Waals surface area (Å²) in [6.07, 6.45) is 4.24. The third-order valence-electron chi connectivity index (χ3n) is 2.90. The fourth-order valence-electron chi connectivity index (χ4n) is 1.94. The number of aryl methyl sites for hydroxylation is 1. The molecule has 1 aromatic rings. The van der Waals surface area contributed by atoms with Gasteiger partial charge in [-0.1, -0.05) is 12.2 Å². The molecule has 2 unspecified atom stereocenters. The normalized spacial score (nSPS) is 21.6. The first kappa shape index (κ1) is 13.7. The van der Waals surface area contributed by atoms with Crippen molar-refractivity contribution in [3.8, 4) is 0 Å². The van der Waals surface area contributed by atoms with E-state index in [9.17, 15) is 9.59 Å². The van der Waals surface area contributed by atoms with Crippen LogP contribution in [0.2, 0.25) is 0 Å². The number of nitrogens with two attached hydrogens (primary N) is 1. The number of carbonyl (C=O) groups excluding carboxylic acids is 1. The first-order chi connectivity index (χ1) is 8.97. The largest absolute Gasteiger partial charge is 0.477 e. The number of carbonyl (C=O) groups is 2. The van der Waals surface area contributed by atoms with Gasteiger partial charge < -0.3 is 16.2 Å². The fourth-order valence-corrected chi connectivity index (χ4v) is 2.78. The molecule has 0 spiro atoms. The molecule has 6 nitrogen and oxygen atoms in total. The highest BCUT2D eigenvalue weighted by molar-refractivity contribution is 7.13. The van der Waals surface area contributed by atoms with Crippen molar-refractivity contribution in [1.82, 2.24) is 10.3 Å². The summed E-state index contributed by atoms with van der Waals surface area (Å²) in [7, 11) is 0. The van der Waals surface area contributed by atoms with Crippen molar-refractivity contribution in [2.75, 3.05) is 0 Å². The Balaban J connectivity index is 1.92. The molecule has 0 aliphatic heterocycles. The molecule has 4 N–H and O–H groups in total. The minimum Gasteiger partial charge on any atom is -0.477 e. The van der Waals surface area contributed by atoms with E-state index in [0.717, 1.165) is 11.3 Å². The first-order valence-corrected chi connectivity index (χ1v) is 6.70. The van der Waals surface area contributed by atoms with Gasteiger partial charge in [0.15, 0.2) is 0 Å². The van der Waals surface area contributed by atoms with Gasteiger partial charge in [0.2, 0.25) is 5.91 Å². The van der Waals surface area contributed by atoms with Gasteiger partial charge >= 0.3 is 5.97 Å². The Morgan fingerprint density at radius 1 is 1.58 bits per heavy atom. The van der Waals surface area contributed by atoms with E-state index in [1.54, 1.807) is 13.0 Å². The molecule has 1 heterocycles. The van der Waals surface area contributed by atoms with Crippen LogP contribution in [0.1, 0.15) is 26.8 Å². The molecule has 0 radical (unpaired) electrons. The zero-order chi connectivity index (χ0) is 14.0. The minimum atomic E-state index is -0.989. The van der Waals surface area contributed by atoms with Crippen LogP contribution in [0.5, 0.6) is 0 Å². The molecule has 1 aliphatic carbocycles. The third kappa shape index (κ3) is 3.18. The Morgan fingerprint density at radius 3 is 2.84 bits per heavy atom. The predicted molar refractivity (Wildman–Crippen MR) is 70.9 cm³/mol. The van der Waals surface area contributed by atoms with Gasteiger partial charge in [-0.25, -0.2) is 9.78 Å². The number of nitrogens with one attached hydrogen (secondary N) is 1. The summed E-state index contributed by atoms with van der Waals surface area (Å²) in [6, 6.07) is -0.0588. The van der Waals surface area contributed by atoms with E-state index in [-0.39, 0.29) is 29.3 Å². The zero-order valence-corrected chi connectivity index (χ0v) is 11.2. The molecule has 7 heteroatoms. The maximum Gasteiger partial charge on any atom is 0.347 e. The van der Waals surface area contributed by atoms with Gasteiger partial charge in [0.25, 0.3) is 0 Å². The maximum atomic E-state index is 11.8. The molecule has 2 atom stereocenters. The van der Waals surface area contributed by atoms with E-state index in [1.807, 2.05) is 6.08 Å². The Kier molecular flexibility index (Phi) is 3.96. The second kappa shape index (κ2) is 5.50. The molecule has 1 aromatic heterocycles. The average Bonchev–Trinajstić information content (AvgIpc) is 2.92. The highest BCUT2D eigenvalue weighted by Gasteiger charge is 2.23. The number of hydrogen-bond donors (Lipinski definition) is 3. The van der Waals surface area contributed by atoms with E-state index in [4.69, 9.17) is 10.8 Å². The molecule has 0 aromatic carbocycles. The number of aromatic nitrogens is 1. The summed E-state index contributed by atoms with van der Waals surface area (Å²) >= 11 is 1.08. The smallest absolute Gasteiger partial charge is 0.347 e. The molecule has 102 valence electrons. The number of aromatic carboxylic acids is 1. The highest BCUT2D eigenvalue weighted by atomic mass is 32.1. The topological polar surface area (TPSA) is 105 Å². The number of amides is 1. The second-order valence-corrected chi connectivity index (χ2v) is 5.52. The number of rotatable bonds is 4. The molecule has 0 fully saturated rings. The quantitative estimate of drug-likeness (QED) is 0.703. The fraction of sp³-hybridized carbons (Fsp3) is 0.417. The summed E-state index contributed by atoms with van der Waals surface area (Å²) in [5.74, 6) is -1.29. The van der Waals surface area contributed by atoms with Crippen LogP contribution in [0.25, 0.3) is 0 Å².